The lowest BCUT2D eigenvalue weighted by Crippen LogP contribution is -2.11. The van der Waals surface area contributed by atoms with E-state index in [1.165, 1.54) is 36.7 Å². The van der Waals surface area contributed by atoms with Gasteiger partial charge in [-0.05, 0) is 36.4 Å². The van der Waals surface area contributed by atoms with Crippen LogP contribution in [-0.2, 0) is 4.84 Å². The number of aromatic nitrogens is 1. The third kappa shape index (κ3) is 5.50. The summed E-state index contributed by atoms with van der Waals surface area (Å²) in [7, 11) is 0. The predicted molar refractivity (Wildman–Crippen MR) is 108 cm³/mol. The highest BCUT2D eigenvalue weighted by Crippen LogP contribution is 2.23. The quantitative estimate of drug-likeness (QED) is 0.325. The third-order valence-corrected chi connectivity index (χ3v) is 3.85. The van der Waals surface area contributed by atoms with Crippen molar-refractivity contribution in [2.75, 3.05) is 5.48 Å². The van der Waals surface area contributed by atoms with Gasteiger partial charge in [0.2, 0.25) is 0 Å². The third-order valence-electron chi connectivity index (χ3n) is 3.85. The molecular weight excluding hydrogens is 424 g/mol. The number of amides is 1. The van der Waals surface area contributed by atoms with Gasteiger partial charge in [0.1, 0.15) is 0 Å². The van der Waals surface area contributed by atoms with Crippen molar-refractivity contribution in [3.63, 3.8) is 0 Å². The van der Waals surface area contributed by atoms with E-state index >= 15 is 0 Å². The SMILES string of the molecule is O=C(N=Nc1ccc(NOC(=O)c2cc([N+](=O)[O-])cc([N+](=O)[O-])c2)cc1)c1cccnc1. The summed E-state index contributed by atoms with van der Waals surface area (Å²) < 4.78 is 0. The van der Waals surface area contributed by atoms with E-state index in [4.69, 9.17) is 4.84 Å². The minimum absolute atomic E-state index is 0.280. The number of anilines is 1. The molecule has 13 nitrogen and oxygen atoms in total. The molecule has 0 spiro atoms. The molecule has 0 bridgehead atoms. The number of non-ortho nitro benzene ring substituents is 2. The Kier molecular flexibility index (Phi) is 6.50. The smallest absolute Gasteiger partial charge is 0.338 e. The van der Waals surface area contributed by atoms with Gasteiger partial charge in [0, 0.05) is 24.5 Å². The molecule has 0 saturated carbocycles. The van der Waals surface area contributed by atoms with Crippen LogP contribution in [0.15, 0.2) is 77.2 Å². The first-order valence-corrected chi connectivity index (χ1v) is 8.71. The molecule has 0 atom stereocenters. The van der Waals surface area contributed by atoms with Crippen molar-refractivity contribution in [3.8, 4) is 0 Å². The lowest BCUT2D eigenvalue weighted by Gasteiger charge is -2.07. The molecule has 0 aliphatic heterocycles. The van der Waals surface area contributed by atoms with E-state index in [2.05, 4.69) is 20.7 Å². The number of benzene rings is 2. The Morgan fingerprint density at radius 1 is 0.938 bits per heavy atom. The van der Waals surface area contributed by atoms with Crippen LogP contribution >= 0.6 is 0 Å². The Hall–Kier alpha value is -5.07. The molecule has 0 radical (unpaired) electrons. The van der Waals surface area contributed by atoms with Gasteiger partial charge in [0.25, 0.3) is 17.3 Å². The van der Waals surface area contributed by atoms with Gasteiger partial charge in [-0.25, -0.2) is 10.3 Å². The maximum absolute atomic E-state index is 12.1. The van der Waals surface area contributed by atoms with Gasteiger partial charge in [0.15, 0.2) is 0 Å². The summed E-state index contributed by atoms with van der Waals surface area (Å²) in [6, 6.07) is 11.5. The molecule has 1 amide bonds. The molecule has 1 aromatic heterocycles. The number of rotatable bonds is 7. The maximum Gasteiger partial charge on any atom is 0.363 e. The van der Waals surface area contributed by atoms with E-state index in [1.807, 2.05) is 0 Å². The normalized spacial score (nSPS) is 10.5. The monoisotopic (exact) mass is 436 g/mol. The van der Waals surface area contributed by atoms with Gasteiger partial charge < -0.3 is 4.84 Å². The summed E-state index contributed by atoms with van der Waals surface area (Å²) >= 11 is 0. The summed E-state index contributed by atoms with van der Waals surface area (Å²) in [5.74, 6) is -1.64. The number of nitro benzene ring substituents is 2. The van der Waals surface area contributed by atoms with E-state index in [9.17, 15) is 29.8 Å². The van der Waals surface area contributed by atoms with Gasteiger partial charge in [0.05, 0.1) is 38.4 Å². The zero-order chi connectivity index (χ0) is 23.1. The Morgan fingerprint density at radius 2 is 1.59 bits per heavy atom. The van der Waals surface area contributed by atoms with Crippen LogP contribution in [0.25, 0.3) is 0 Å². The molecule has 3 rings (SSSR count). The first kappa shape index (κ1) is 21.6. The number of carbonyl (C=O) groups excluding carboxylic acids is 2. The minimum Gasteiger partial charge on any atom is -0.338 e. The van der Waals surface area contributed by atoms with E-state index in [0.717, 1.165) is 18.2 Å². The van der Waals surface area contributed by atoms with Crippen LogP contribution in [-0.4, -0.2) is 26.7 Å². The van der Waals surface area contributed by atoms with Gasteiger partial charge in [-0.3, -0.25) is 30.0 Å². The van der Waals surface area contributed by atoms with E-state index < -0.39 is 33.1 Å². The highest BCUT2D eigenvalue weighted by atomic mass is 16.7. The molecule has 32 heavy (non-hydrogen) atoms. The molecule has 1 heterocycles. The number of carbonyl (C=O) groups is 2. The zero-order valence-electron chi connectivity index (χ0n) is 15.9. The highest BCUT2D eigenvalue weighted by Gasteiger charge is 2.21. The van der Waals surface area contributed by atoms with Crippen LogP contribution in [0, 0.1) is 20.2 Å². The molecule has 0 saturated heterocycles. The molecule has 3 aromatic rings. The van der Waals surface area contributed by atoms with Gasteiger partial charge in [-0.1, -0.05) is 0 Å². The summed E-state index contributed by atoms with van der Waals surface area (Å²) in [5.41, 5.74) is 1.62. The van der Waals surface area contributed by atoms with Crippen molar-refractivity contribution in [2.24, 2.45) is 10.2 Å². The van der Waals surface area contributed by atoms with Crippen molar-refractivity contribution in [1.29, 1.82) is 0 Å². The van der Waals surface area contributed by atoms with E-state index in [1.54, 1.807) is 12.1 Å². The number of pyridine rings is 1. The molecule has 0 aliphatic carbocycles. The Bertz CT molecular complexity index is 1180. The van der Waals surface area contributed by atoms with Crippen molar-refractivity contribution < 1.29 is 24.3 Å². The fraction of sp³-hybridized carbons (Fsp3) is 0. The standard InChI is InChI=1S/C19H12N6O7/c26-18(12-2-1-7-20-11-12)22-21-14-3-5-15(6-4-14)23-32-19(27)13-8-16(24(28)29)10-17(9-13)25(30)31/h1-11,23H. The number of hydrogen-bond donors (Lipinski definition) is 1. The van der Waals surface area contributed by atoms with Crippen LogP contribution < -0.4 is 5.48 Å². The van der Waals surface area contributed by atoms with Crippen molar-refractivity contribution in [3.05, 3.63) is 98.3 Å². The predicted octanol–water partition coefficient (Wildman–Crippen LogP) is 4.01. The highest BCUT2D eigenvalue weighted by molar-refractivity contribution is 5.94. The maximum atomic E-state index is 12.1. The number of azo groups is 1. The second-order valence-electron chi connectivity index (χ2n) is 6.04. The Labute approximate surface area is 178 Å². The van der Waals surface area contributed by atoms with Crippen LogP contribution in [0.1, 0.15) is 20.7 Å². The average Bonchev–Trinajstić information content (AvgIpc) is 2.81. The van der Waals surface area contributed by atoms with Crippen LogP contribution in [0.2, 0.25) is 0 Å². The van der Waals surface area contributed by atoms with E-state index in [0.29, 0.717) is 11.4 Å². The molecular formula is C19H12N6O7. The molecule has 1 N–H and O–H groups in total. The van der Waals surface area contributed by atoms with Crippen molar-refractivity contribution >= 4 is 34.6 Å². The lowest BCUT2D eigenvalue weighted by molar-refractivity contribution is -0.394. The first-order valence-electron chi connectivity index (χ1n) is 8.71. The molecule has 0 unspecified atom stereocenters. The van der Waals surface area contributed by atoms with Gasteiger partial charge in [-0.2, -0.15) is 0 Å². The summed E-state index contributed by atoms with van der Waals surface area (Å²) in [6.45, 7) is 0. The molecule has 2 aromatic carbocycles. The average molecular weight is 436 g/mol. The zero-order valence-corrected chi connectivity index (χ0v) is 15.9. The lowest BCUT2D eigenvalue weighted by atomic mass is 10.2. The molecule has 0 aliphatic rings. The molecule has 0 fully saturated rings. The summed E-state index contributed by atoms with van der Waals surface area (Å²) in [5, 5.41) is 29.2. The number of hydrogen-bond acceptors (Lipinski definition) is 10. The Balaban J connectivity index is 1.63. The molecule has 13 heteroatoms. The fourth-order valence-corrected chi connectivity index (χ4v) is 2.33. The largest absolute Gasteiger partial charge is 0.363 e. The van der Waals surface area contributed by atoms with Crippen LogP contribution in [0.5, 0.6) is 0 Å². The van der Waals surface area contributed by atoms with Crippen LogP contribution in [0.3, 0.4) is 0 Å². The van der Waals surface area contributed by atoms with Gasteiger partial charge >= 0.3 is 5.97 Å². The summed E-state index contributed by atoms with van der Waals surface area (Å²) in [4.78, 5) is 52.8. The second kappa shape index (κ2) is 9.62. The molecule has 160 valence electrons. The van der Waals surface area contributed by atoms with E-state index in [-0.39, 0.29) is 11.1 Å². The second-order valence-corrected chi connectivity index (χ2v) is 6.04. The van der Waals surface area contributed by atoms with Gasteiger partial charge in [-0.15, -0.1) is 10.2 Å². The number of nitrogens with zero attached hydrogens (tertiary/aromatic N) is 5. The van der Waals surface area contributed by atoms with Crippen LogP contribution in [0.4, 0.5) is 22.7 Å². The number of nitro groups is 2. The Morgan fingerprint density at radius 3 is 2.16 bits per heavy atom. The topological polar surface area (TPSA) is 179 Å². The number of nitrogens with one attached hydrogen (secondary N) is 1. The van der Waals surface area contributed by atoms with Crippen molar-refractivity contribution in [1.82, 2.24) is 4.98 Å². The first-order chi connectivity index (χ1) is 15.3. The fourth-order valence-electron chi connectivity index (χ4n) is 2.33. The summed E-state index contributed by atoms with van der Waals surface area (Å²) in [6.07, 6.45) is 2.88. The minimum atomic E-state index is -1.07. The van der Waals surface area contributed by atoms with Crippen molar-refractivity contribution in [2.45, 2.75) is 0 Å².